The largest absolute Gasteiger partial charge is 0.393 e. The summed E-state index contributed by atoms with van der Waals surface area (Å²) in [7, 11) is 0. The zero-order valence-electron chi connectivity index (χ0n) is 22.8. The number of fused-ring (bicyclic) bond motifs is 1. The van der Waals surface area contributed by atoms with Gasteiger partial charge in [0.05, 0.1) is 34.6 Å². The Kier molecular flexibility index (Phi) is 6.37. The summed E-state index contributed by atoms with van der Waals surface area (Å²) >= 11 is 0. The predicted octanol–water partition coefficient (Wildman–Crippen LogP) is 3.25. The number of amides is 1. The van der Waals surface area contributed by atoms with E-state index in [1.165, 1.54) is 0 Å². The summed E-state index contributed by atoms with van der Waals surface area (Å²) in [6.07, 6.45) is 10.1. The lowest BCUT2D eigenvalue weighted by atomic mass is 9.78. The topological polar surface area (TPSA) is 118 Å². The second-order valence-electron chi connectivity index (χ2n) is 12.1. The highest BCUT2D eigenvalue weighted by Crippen LogP contribution is 2.43. The third-order valence-corrected chi connectivity index (χ3v) is 9.38. The summed E-state index contributed by atoms with van der Waals surface area (Å²) in [5.74, 6) is 2.16. The van der Waals surface area contributed by atoms with Crippen molar-refractivity contribution in [3.05, 3.63) is 47.0 Å². The Morgan fingerprint density at radius 1 is 1.00 bits per heavy atom. The van der Waals surface area contributed by atoms with Crippen LogP contribution in [0.1, 0.15) is 44.9 Å². The van der Waals surface area contributed by atoms with Crippen molar-refractivity contribution in [1.29, 1.82) is 0 Å². The van der Waals surface area contributed by atoms with E-state index in [-0.39, 0.29) is 23.0 Å². The minimum absolute atomic E-state index is 0.188. The maximum absolute atomic E-state index is 12.8. The number of hydrogen-bond donors (Lipinski definition) is 3. The van der Waals surface area contributed by atoms with Crippen LogP contribution < -0.4 is 20.7 Å². The Morgan fingerprint density at radius 2 is 1.77 bits per heavy atom. The molecule has 3 N–H and O–H groups in total. The Bertz CT molecular complexity index is 1450. The number of pyridine rings is 3. The Hall–Kier alpha value is -3.66. The molecule has 1 amide bonds. The second-order valence-corrected chi connectivity index (χ2v) is 12.1. The molecule has 3 aliphatic heterocycles. The molecule has 1 saturated carbocycles. The zero-order chi connectivity index (χ0) is 27.3. The van der Waals surface area contributed by atoms with Gasteiger partial charge in [0.2, 0.25) is 5.91 Å². The molecular formula is C30H37N7O3. The molecule has 10 heteroatoms. The van der Waals surface area contributed by atoms with Crippen LogP contribution in [-0.2, 0) is 4.79 Å². The van der Waals surface area contributed by atoms with Crippen molar-refractivity contribution in [3.8, 4) is 0 Å². The third-order valence-electron chi connectivity index (χ3n) is 9.38. The number of carbonyl (C=O) groups is 1. The fourth-order valence-corrected chi connectivity index (χ4v) is 6.68. The molecule has 3 saturated heterocycles. The highest BCUT2D eigenvalue weighted by Gasteiger charge is 2.45. The number of aromatic amines is 1. The molecule has 210 valence electrons. The van der Waals surface area contributed by atoms with Gasteiger partial charge in [0.1, 0.15) is 11.6 Å². The highest BCUT2D eigenvalue weighted by atomic mass is 16.3. The van der Waals surface area contributed by atoms with E-state index < -0.39 is 0 Å². The first kappa shape index (κ1) is 25.3. The quantitative estimate of drug-likeness (QED) is 0.449. The molecule has 0 radical (unpaired) electrons. The summed E-state index contributed by atoms with van der Waals surface area (Å²) < 4.78 is 0. The van der Waals surface area contributed by atoms with E-state index in [9.17, 15) is 14.7 Å². The Morgan fingerprint density at radius 3 is 2.50 bits per heavy atom. The number of H-pyrrole nitrogens is 1. The van der Waals surface area contributed by atoms with E-state index in [2.05, 4.69) is 30.0 Å². The highest BCUT2D eigenvalue weighted by molar-refractivity contribution is 5.93. The van der Waals surface area contributed by atoms with Crippen LogP contribution in [0.5, 0.6) is 0 Å². The molecule has 0 aromatic carbocycles. The van der Waals surface area contributed by atoms with Gasteiger partial charge in [-0.1, -0.05) is 0 Å². The number of nitrogens with zero attached hydrogens (tertiary/aromatic N) is 5. The van der Waals surface area contributed by atoms with Crippen LogP contribution in [0.15, 0.2) is 41.5 Å². The third kappa shape index (κ3) is 4.89. The second kappa shape index (κ2) is 10.1. The molecule has 4 fully saturated rings. The first-order valence-electron chi connectivity index (χ1n) is 14.7. The summed E-state index contributed by atoms with van der Waals surface area (Å²) in [5.41, 5.74) is 2.39. The number of aliphatic hydroxyl groups excluding tert-OH is 1. The van der Waals surface area contributed by atoms with Crippen molar-refractivity contribution >= 4 is 39.8 Å². The number of nitrogens with one attached hydrogen (secondary N) is 2. The SMILES string of the molecule is O=C(C1CC1)N1CCC2(CCN(c3cc(Nc4ccc(N5CCC(O)CC5)cn4)c4c(=O)[nH]ccc4n3)CC2)C1. The van der Waals surface area contributed by atoms with Gasteiger partial charge < -0.3 is 30.1 Å². The van der Waals surface area contributed by atoms with Crippen LogP contribution >= 0.6 is 0 Å². The molecule has 4 aliphatic rings. The van der Waals surface area contributed by atoms with E-state index >= 15 is 0 Å². The molecule has 1 aliphatic carbocycles. The predicted molar refractivity (Wildman–Crippen MR) is 155 cm³/mol. The lowest BCUT2D eigenvalue weighted by Gasteiger charge is -2.40. The van der Waals surface area contributed by atoms with E-state index in [1.54, 1.807) is 6.20 Å². The molecule has 40 heavy (non-hydrogen) atoms. The number of likely N-dealkylation sites (tertiary alicyclic amines) is 1. The summed E-state index contributed by atoms with van der Waals surface area (Å²) in [6, 6.07) is 7.78. The van der Waals surface area contributed by atoms with Gasteiger partial charge in [0.15, 0.2) is 0 Å². The molecule has 10 nitrogen and oxygen atoms in total. The van der Waals surface area contributed by atoms with Gasteiger partial charge in [0, 0.05) is 57.4 Å². The van der Waals surface area contributed by atoms with Crippen molar-refractivity contribution in [2.24, 2.45) is 11.3 Å². The van der Waals surface area contributed by atoms with Crippen molar-refractivity contribution in [1.82, 2.24) is 19.9 Å². The average molecular weight is 544 g/mol. The summed E-state index contributed by atoms with van der Waals surface area (Å²) in [4.78, 5) is 44.4. The van der Waals surface area contributed by atoms with Gasteiger partial charge in [-0.25, -0.2) is 9.97 Å². The number of aromatic nitrogens is 3. The van der Waals surface area contributed by atoms with Crippen molar-refractivity contribution in [2.75, 3.05) is 54.4 Å². The van der Waals surface area contributed by atoms with Crippen LogP contribution in [0.4, 0.5) is 23.0 Å². The van der Waals surface area contributed by atoms with Crippen molar-refractivity contribution < 1.29 is 9.90 Å². The lowest BCUT2D eigenvalue weighted by Crippen LogP contribution is -2.42. The lowest BCUT2D eigenvalue weighted by molar-refractivity contribution is -0.131. The van der Waals surface area contributed by atoms with E-state index in [4.69, 9.17) is 4.98 Å². The van der Waals surface area contributed by atoms with Gasteiger partial charge in [-0.15, -0.1) is 0 Å². The number of piperidine rings is 2. The van der Waals surface area contributed by atoms with Crippen LogP contribution in [0, 0.1) is 11.3 Å². The number of rotatable bonds is 5. The van der Waals surface area contributed by atoms with Crippen molar-refractivity contribution in [2.45, 2.75) is 51.0 Å². The zero-order valence-corrected chi connectivity index (χ0v) is 22.8. The number of carbonyl (C=O) groups excluding carboxylic acids is 1. The molecule has 3 aromatic heterocycles. The molecule has 1 spiro atoms. The van der Waals surface area contributed by atoms with Gasteiger partial charge in [-0.2, -0.15) is 0 Å². The first-order chi connectivity index (χ1) is 19.5. The molecule has 3 aromatic rings. The van der Waals surface area contributed by atoms with Gasteiger partial charge in [0.25, 0.3) is 5.56 Å². The van der Waals surface area contributed by atoms with Crippen LogP contribution in [0.2, 0.25) is 0 Å². The Labute approximate surface area is 233 Å². The van der Waals surface area contributed by atoms with Crippen LogP contribution in [-0.4, -0.2) is 76.2 Å². The smallest absolute Gasteiger partial charge is 0.259 e. The number of anilines is 4. The summed E-state index contributed by atoms with van der Waals surface area (Å²) in [6.45, 7) is 5.17. The van der Waals surface area contributed by atoms with Gasteiger partial charge in [-0.3, -0.25) is 9.59 Å². The standard InChI is InChI=1S/C30H37N7O3/c38-22-6-12-35(13-7-22)21-3-4-25(32-18-21)33-24-17-26(34-23-5-11-31-28(39)27(23)24)36-14-8-30(9-15-36)10-16-37(19-30)29(40)20-1-2-20/h3-5,11,17-18,20,22,38H,1-2,6-10,12-16,19H2,(H,31,39)(H,32,33,34). The number of aliphatic hydroxyl groups is 1. The van der Waals surface area contributed by atoms with Gasteiger partial charge >= 0.3 is 0 Å². The minimum atomic E-state index is -0.216. The maximum Gasteiger partial charge on any atom is 0.259 e. The molecule has 7 rings (SSSR count). The molecule has 0 atom stereocenters. The van der Waals surface area contributed by atoms with Gasteiger partial charge in [-0.05, 0) is 68.6 Å². The summed E-state index contributed by atoms with van der Waals surface area (Å²) in [5, 5.41) is 13.7. The number of hydrogen-bond acceptors (Lipinski definition) is 8. The van der Waals surface area contributed by atoms with Crippen LogP contribution in [0.25, 0.3) is 10.9 Å². The normalized spacial score (nSPS) is 21.4. The maximum atomic E-state index is 12.8. The molecular weight excluding hydrogens is 506 g/mol. The van der Waals surface area contributed by atoms with E-state index in [0.717, 1.165) is 95.7 Å². The molecule has 6 heterocycles. The van der Waals surface area contributed by atoms with E-state index in [1.807, 2.05) is 30.5 Å². The minimum Gasteiger partial charge on any atom is -0.393 e. The first-order valence-corrected chi connectivity index (χ1v) is 14.7. The fourth-order valence-electron chi connectivity index (χ4n) is 6.68. The van der Waals surface area contributed by atoms with Crippen molar-refractivity contribution in [3.63, 3.8) is 0 Å². The Balaban J connectivity index is 1.09. The van der Waals surface area contributed by atoms with Crippen LogP contribution in [0.3, 0.4) is 0 Å². The fraction of sp³-hybridized carbons (Fsp3) is 0.533. The molecule has 0 unspecified atom stereocenters. The average Bonchev–Trinajstić information content (AvgIpc) is 3.75. The van der Waals surface area contributed by atoms with E-state index in [0.29, 0.717) is 28.3 Å². The monoisotopic (exact) mass is 543 g/mol. The molecule has 0 bridgehead atoms.